The Labute approximate surface area is 215 Å². The van der Waals surface area contributed by atoms with E-state index in [0.29, 0.717) is 30.0 Å². The molecule has 194 valence electrons. The summed E-state index contributed by atoms with van der Waals surface area (Å²) in [6.45, 7) is 2.20. The minimum absolute atomic E-state index is 0.00190. The number of nitrogens with zero attached hydrogens (tertiary/aromatic N) is 3. The van der Waals surface area contributed by atoms with Gasteiger partial charge in [-0.1, -0.05) is 11.6 Å². The summed E-state index contributed by atoms with van der Waals surface area (Å²) in [6.07, 6.45) is 2.39. The van der Waals surface area contributed by atoms with Gasteiger partial charge in [-0.3, -0.25) is 19.2 Å². The van der Waals surface area contributed by atoms with Gasteiger partial charge in [0.2, 0.25) is 11.8 Å². The standard InChI is InChI=1S/C25H32ClN5O5/c1-4-36-21(32)13-17(14-27)28-24(34)20-6-5-11-31(20)25(35)22(15-7-8-15)29-23(33)16-9-10-19(30(2)3)18(26)12-16/h9-10,12,15,17,20,22H,4-8,11,13H2,1-3H3,(H,28,34)(H,29,33). The molecule has 1 aromatic carbocycles. The molecule has 3 rings (SSSR count). The Morgan fingerprint density at radius 1 is 1.22 bits per heavy atom. The second-order valence-electron chi connectivity index (χ2n) is 9.24. The van der Waals surface area contributed by atoms with E-state index in [0.717, 1.165) is 18.5 Å². The molecule has 0 bridgehead atoms. The van der Waals surface area contributed by atoms with Gasteiger partial charge >= 0.3 is 5.97 Å². The molecule has 2 fully saturated rings. The Morgan fingerprint density at radius 2 is 1.94 bits per heavy atom. The number of anilines is 1. The third-order valence-corrected chi connectivity index (χ3v) is 6.63. The fourth-order valence-corrected chi connectivity index (χ4v) is 4.66. The quantitative estimate of drug-likeness (QED) is 0.453. The number of carbonyl (C=O) groups excluding carboxylic acids is 4. The predicted octanol–water partition coefficient (Wildman–Crippen LogP) is 1.87. The monoisotopic (exact) mass is 517 g/mol. The van der Waals surface area contributed by atoms with Crippen LogP contribution < -0.4 is 15.5 Å². The highest BCUT2D eigenvalue weighted by Crippen LogP contribution is 2.35. The van der Waals surface area contributed by atoms with Crippen LogP contribution in [0.4, 0.5) is 5.69 Å². The Bertz CT molecular complexity index is 1050. The summed E-state index contributed by atoms with van der Waals surface area (Å²) in [4.78, 5) is 54.4. The van der Waals surface area contributed by atoms with Gasteiger partial charge in [0, 0.05) is 26.2 Å². The Balaban J connectivity index is 1.68. The third-order valence-electron chi connectivity index (χ3n) is 6.32. The van der Waals surface area contributed by atoms with E-state index in [1.165, 1.54) is 4.90 Å². The van der Waals surface area contributed by atoms with Crippen LogP contribution in [0, 0.1) is 17.2 Å². The molecule has 10 nitrogen and oxygen atoms in total. The topological polar surface area (TPSA) is 132 Å². The first kappa shape index (κ1) is 27.3. The molecular weight excluding hydrogens is 486 g/mol. The molecule has 1 saturated heterocycles. The van der Waals surface area contributed by atoms with Crippen molar-refractivity contribution in [1.82, 2.24) is 15.5 Å². The van der Waals surface area contributed by atoms with Crippen molar-refractivity contribution in [3.63, 3.8) is 0 Å². The van der Waals surface area contributed by atoms with E-state index >= 15 is 0 Å². The molecule has 2 aliphatic rings. The molecular formula is C25H32ClN5O5. The van der Waals surface area contributed by atoms with Gasteiger partial charge in [0.15, 0.2) is 0 Å². The van der Waals surface area contributed by atoms with Crippen LogP contribution in [0.25, 0.3) is 0 Å². The summed E-state index contributed by atoms with van der Waals surface area (Å²) in [5.74, 6) is -1.81. The van der Waals surface area contributed by atoms with Gasteiger partial charge in [0.1, 0.15) is 18.1 Å². The van der Waals surface area contributed by atoms with Crippen LogP contribution in [0.15, 0.2) is 18.2 Å². The van der Waals surface area contributed by atoms with Crippen molar-refractivity contribution in [2.75, 3.05) is 32.1 Å². The third kappa shape index (κ3) is 6.66. The second-order valence-corrected chi connectivity index (χ2v) is 9.65. The van der Waals surface area contributed by atoms with Crippen LogP contribution in [-0.2, 0) is 19.1 Å². The lowest BCUT2D eigenvalue weighted by Crippen LogP contribution is -2.55. The van der Waals surface area contributed by atoms with Crippen molar-refractivity contribution in [3.8, 4) is 6.07 Å². The average molecular weight is 518 g/mol. The van der Waals surface area contributed by atoms with Crippen LogP contribution in [0.1, 0.15) is 49.4 Å². The predicted molar refractivity (Wildman–Crippen MR) is 133 cm³/mol. The van der Waals surface area contributed by atoms with Gasteiger partial charge in [0.25, 0.3) is 5.91 Å². The molecule has 3 unspecified atom stereocenters. The van der Waals surface area contributed by atoms with Crippen molar-refractivity contribution < 1.29 is 23.9 Å². The number of carbonyl (C=O) groups is 4. The number of ether oxygens (including phenoxy) is 1. The van der Waals surface area contributed by atoms with Crippen molar-refractivity contribution in [1.29, 1.82) is 5.26 Å². The zero-order valence-corrected chi connectivity index (χ0v) is 21.5. The maximum absolute atomic E-state index is 13.5. The van der Waals surface area contributed by atoms with Crippen molar-refractivity contribution >= 4 is 41.0 Å². The van der Waals surface area contributed by atoms with Gasteiger partial charge in [-0.2, -0.15) is 5.26 Å². The summed E-state index contributed by atoms with van der Waals surface area (Å²) in [6, 6.07) is 4.27. The fourth-order valence-electron chi connectivity index (χ4n) is 4.31. The highest BCUT2D eigenvalue weighted by molar-refractivity contribution is 6.33. The van der Waals surface area contributed by atoms with Crippen LogP contribution in [0.3, 0.4) is 0 Å². The highest BCUT2D eigenvalue weighted by Gasteiger charge is 2.44. The highest BCUT2D eigenvalue weighted by atomic mass is 35.5. The zero-order valence-electron chi connectivity index (χ0n) is 20.8. The SMILES string of the molecule is CCOC(=O)CC(C#N)NC(=O)C1CCCN1C(=O)C(NC(=O)c1ccc(N(C)C)c(Cl)c1)C1CC1. The normalized spacial score (nSPS) is 18.5. The molecule has 0 aromatic heterocycles. The summed E-state index contributed by atoms with van der Waals surface area (Å²) in [5, 5.41) is 15.2. The molecule has 1 aromatic rings. The van der Waals surface area contributed by atoms with E-state index < -0.39 is 35.9 Å². The maximum atomic E-state index is 13.5. The van der Waals surface area contributed by atoms with E-state index in [2.05, 4.69) is 10.6 Å². The summed E-state index contributed by atoms with van der Waals surface area (Å²) in [5.41, 5.74) is 1.11. The number of rotatable bonds is 10. The molecule has 0 spiro atoms. The maximum Gasteiger partial charge on any atom is 0.308 e. The largest absolute Gasteiger partial charge is 0.466 e. The minimum Gasteiger partial charge on any atom is -0.466 e. The molecule has 3 atom stereocenters. The zero-order chi connectivity index (χ0) is 26.4. The molecule has 1 heterocycles. The van der Waals surface area contributed by atoms with E-state index in [-0.39, 0.29) is 24.9 Å². The van der Waals surface area contributed by atoms with E-state index in [9.17, 15) is 24.4 Å². The summed E-state index contributed by atoms with van der Waals surface area (Å²) >= 11 is 6.31. The minimum atomic E-state index is -1.05. The van der Waals surface area contributed by atoms with E-state index in [1.54, 1.807) is 25.1 Å². The number of hydrogen-bond acceptors (Lipinski definition) is 7. The molecule has 11 heteroatoms. The van der Waals surface area contributed by atoms with Crippen LogP contribution in [0.2, 0.25) is 5.02 Å². The molecule has 0 radical (unpaired) electrons. The number of hydrogen-bond donors (Lipinski definition) is 2. The Kier molecular flexibility index (Phi) is 9.15. The summed E-state index contributed by atoms with van der Waals surface area (Å²) < 4.78 is 4.85. The van der Waals surface area contributed by atoms with Gasteiger partial charge in [-0.15, -0.1) is 0 Å². The molecule has 36 heavy (non-hydrogen) atoms. The number of likely N-dealkylation sites (tertiary alicyclic amines) is 1. The number of nitriles is 1. The first-order chi connectivity index (χ1) is 17.2. The molecule has 1 aliphatic carbocycles. The smallest absolute Gasteiger partial charge is 0.308 e. The molecule has 2 N–H and O–H groups in total. The molecule has 3 amide bonds. The number of amides is 3. The van der Waals surface area contributed by atoms with E-state index in [1.807, 2.05) is 25.1 Å². The van der Waals surface area contributed by atoms with Gasteiger partial charge in [-0.05, 0) is 56.7 Å². The lowest BCUT2D eigenvalue weighted by Gasteiger charge is -2.29. The number of nitrogens with one attached hydrogen (secondary N) is 2. The van der Waals surface area contributed by atoms with E-state index in [4.69, 9.17) is 16.3 Å². The number of benzene rings is 1. The first-order valence-electron chi connectivity index (χ1n) is 12.1. The Hall–Kier alpha value is -3.32. The van der Waals surface area contributed by atoms with Crippen molar-refractivity contribution in [2.24, 2.45) is 5.92 Å². The van der Waals surface area contributed by atoms with Gasteiger partial charge in [-0.25, -0.2) is 0 Å². The van der Waals surface area contributed by atoms with Gasteiger partial charge in [0.05, 0.1) is 29.8 Å². The Morgan fingerprint density at radius 3 is 2.53 bits per heavy atom. The number of halogens is 1. The van der Waals surface area contributed by atoms with Crippen LogP contribution >= 0.6 is 11.6 Å². The average Bonchev–Trinajstić information content (AvgIpc) is 3.56. The second kappa shape index (κ2) is 12.1. The lowest BCUT2D eigenvalue weighted by atomic mass is 10.1. The lowest BCUT2D eigenvalue weighted by molar-refractivity contribution is -0.144. The fraction of sp³-hybridized carbons (Fsp3) is 0.560. The molecule has 1 saturated carbocycles. The molecule has 1 aliphatic heterocycles. The van der Waals surface area contributed by atoms with Crippen LogP contribution in [0.5, 0.6) is 0 Å². The van der Waals surface area contributed by atoms with Crippen LogP contribution in [-0.4, -0.2) is 74.0 Å². The first-order valence-corrected chi connectivity index (χ1v) is 12.5. The van der Waals surface area contributed by atoms with Crippen molar-refractivity contribution in [3.05, 3.63) is 28.8 Å². The van der Waals surface area contributed by atoms with Crippen molar-refractivity contribution in [2.45, 2.75) is 57.2 Å². The number of esters is 1. The van der Waals surface area contributed by atoms with Gasteiger partial charge < -0.3 is 25.2 Å². The summed E-state index contributed by atoms with van der Waals surface area (Å²) in [7, 11) is 3.70.